The molecule has 7 heteroatoms. The standard InChI is InChI=1S/C11H20N4O3/c1-11(2,3)18-10(17)7-12-6-9-8-15(4-5-16)14-13-9/h8,12,16H,4-7H2,1-3H3. The van der Waals surface area contributed by atoms with E-state index < -0.39 is 5.60 Å². The fourth-order valence-electron chi connectivity index (χ4n) is 1.30. The summed E-state index contributed by atoms with van der Waals surface area (Å²) in [6, 6.07) is 0. The van der Waals surface area contributed by atoms with Crippen molar-refractivity contribution in [2.45, 2.75) is 39.5 Å². The molecule has 0 aliphatic carbocycles. The highest BCUT2D eigenvalue weighted by Gasteiger charge is 2.15. The van der Waals surface area contributed by atoms with Gasteiger partial charge in [0.25, 0.3) is 0 Å². The number of hydrogen-bond donors (Lipinski definition) is 2. The summed E-state index contributed by atoms with van der Waals surface area (Å²) < 4.78 is 6.69. The fourth-order valence-corrected chi connectivity index (χ4v) is 1.30. The molecule has 1 aromatic rings. The summed E-state index contributed by atoms with van der Waals surface area (Å²) in [5.41, 5.74) is 0.246. The van der Waals surface area contributed by atoms with Gasteiger partial charge in [0.2, 0.25) is 0 Å². The molecule has 0 saturated heterocycles. The molecule has 1 heterocycles. The first-order valence-corrected chi connectivity index (χ1v) is 5.83. The Balaban J connectivity index is 2.26. The van der Waals surface area contributed by atoms with Gasteiger partial charge >= 0.3 is 5.97 Å². The normalized spacial score (nSPS) is 11.6. The van der Waals surface area contributed by atoms with E-state index in [4.69, 9.17) is 9.84 Å². The molecule has 0 aliphatic rings. The number of nitrogens with zero attached hydrogens (tertiary/aromatic N) is 3. The summed E-state index contributed by atoms with van der Waals surface area (Å²) in [6.07, 6.45) is 1.72. The second kappa shape index (κ2) is 6.46. The summed E-state index contributed by atoms with van der Waals surface area (Å²) in [4.78, 5) is 11.4. The molecule has 18 heavy (non-hydrogen) atoms. The third-order valence-corrected chi connectivity index (χ3v) is 1.91. The number of rotatable bonds is 6. The van der Waals surface area contributed by atoms with Crippen molar-refractivity contribution in [1.82, 2.24) is 20.3 Å². The Bertz CT molecular complexity index is 384. The van der Waals surface area contributed by atoms with Crippen LogP contribution in [0.2, 0.25) is 0 Å². The van der Waals surface area contributed by atoms with Crippen LogP contribution in [0.15, 0.2) is 6.20 Å². The average Bonchev–Trinajstić information content (AvgIpc) is 2.63. The maximum atomic E-state index is 11.4. The molecule has 0 unspecified atom stereocenters. The number of hydrogen-bond acceptors (Lipinski definition) is 6. The van der Waals surface area contributed by atoms with E-state index in [1.165, 1.54) is 0 Å². The molecule has 0 amide bonds. The van der Waals surface area contributed by atoms with Crippen LogP contribution in [0.25, 0.3) is 0 Å². The Labute approximate surface area is 106 Å². The maximum Gasteiger partial charge on any atom is 0.320 e. The average molecular weight is 256 g/mol. The number of esters is 1. The van der Waals surface area contributed by atoms with Crippen molar-refractivity contribution in [3.8, 4) is 0 Å². The summed E-state index contributed by atoms with van der Waals surface area (Å²) in [5.74, 6) is -0.301. The van der Waals surface area contributed by atoms with Crippen LogP contribution in [0, 0.1) is 0 Å². The second-order valence-corrected chi connectivity index (χ2v) is 4.89. The SMILES string of the molecule is CC(C)(C)OC(=O)CNCc1cn(CCO)nn1. The van der Waals surface area contributed by atoms with E-state index in [1.54, 1.807) is 10.9 Å². The molecule has 1 aromatic heterocycles. The molecule has 102 valence electrons. The Morgan fingerprint density at radius 2 is 2.28 bits per heavy atom. The molecule has 7 nitrogen and oxygen atoms in total. The molecule has 0 fully saturated rings. The van der Waals surface area contributed by atoms with Crippen molar-refractivity contribution < 1.29 is 14.6 Å². The lowest BCUT2D eigenvalue weighted by atomic mass is 10.2. The number of carbonyl (C=O) groups is 1. The van der Waals surface area contributed by atoms with E-state index in [9.17, 15) is 4.79 Å². The van der Waals surface area contributed by atoms with Crippen molar-refractivity contribution in [2.24, 2.45) is 0 Å². The van der Waals surface area contributed by atoms with Gasteiger partial charge in [0.15, 0.2) is 0 Å². The topological polar surface area (TPSA) is 89.3 Å². The minimum absolute atomic E-state index is 0.0220. The summed E-state index contributed by atoms with van der Waals surface area (Å²) in [7, 11) is 0. The molecule has 1 rings (SSSR count). The van der Waals surface area contributed by atoms with Crippen molar-refractivity contribution in [3.05, 3.63) is 11.9 Å². The Morgan fingerprint density at radius 1 is 1.56 bits per heavy atom. The van der Waals surface area contributed by atoms with Crippen molar-refractivity contribution in [3.63, 3.8) is 0 Å². The van der Waals surface area contributed by atoms with Crippen LogP contribution in [0.4, 0.5) is 0 Å². The first kappa shape index (κ1) is 14.6. The zero-order valence-electron chi connectivity index (χ0n) is 11.0. The molecule has 0 aromatic carbocycles. The molecule has 0 radical (unpaired) electrons. The van der Waals surface area contributed by atoms with Gasteiger partial charge in [0, 0.05) is 12.7 Å². The van der Waals surface area contributed by atoms with Crippen LogP contribution in [0.3, 0.4) is 0 Å². The zero-order valence-corrected chi connectivity index (χ0v) is 11.0. The lowest BCUT2D eigenvalue weighted by Gasteiger charge is -2.19. The fraction of sp³-hybridized carbons (Fsp3) is 0.727. The highest BCUT2D eigenvalue weighted by Crippen LogP contribution is 2.06. The third kappa shape index (κ3) is 5.74. The smallest absolute Gasteiger partial charge is 0.320 e. The highest BCUT2D eigenvalue weighted by molar-refractivity contribution is 5.72. The number of nitrogens with one attached hydrogen (secondary N) is 1. The Hall–Kier alpha value is -1.47. The van der Waals surface area contributed by atoms with Gasteiger partial charge in [-0.3, -0.25) is 4.79 Å². The van der Waals surface area contributed by atoms with E-state index in [0.29, 0.717) is 18.8 Å². The van der Waals surface area contributed by atoms with Gasteiger partial charge in [-0.25, -0.2) is 4.68 Å². The van der Waals surface area contributed by atoms with Crippen molar-refractivity contribution >= 4 is 5.97 Å². The van der Waals surface area contributed by atoms with E-state index in [1.807, 2.05) is 20.8 Å². The molecule has 0 aliphatic heterocycles. The predicted molar refractivity (Wildman–Crippen MR) is 64.7 cm³/mol. The second-order valence-electron chi connectivity index (χ2n) is 4.89. The molecule has 0 spiro atoms. The quantitative estimate of drug-likeness (QED) is 0.679. The van der Waals surface area contributed by atoms with E-state index in [0.717, 1.165) is 0 Å². The maximum absolute atomic E-state index is 11.4. The highest BCUT2D eigenvalue weighted by atomic mass is 16.6. The number of aromatic nitrogens is 3. The lowest BCUT2D eigenvalue weighted by Crippen LogP contribution is -2.31. The predicted octanol–water partition coefficient (Wildman–Crippen LogP) is -0.298. The van der Waals surface area contributed by atoms with E-state index >= 15 is 0 Å². The number of aliphatic hydroxyl groups excluding tert-OH is 1. The Morgan fingerprint density at radius 3 is 2.89 bits per heavy atom. The minimum atomic E-state index is -0.469. The van der Waals surface area contributed by atoms with Crippen molar-refractivity contribution in [2.75, 3.05) is 13.2 Å². The molecule has 2 N–H and O–H groups in total. The summed E-state index contributed by atoms with van der Waals surface area (Å²) in [5, 5.41) is 19.4. The van der Waals surface area contributed by atoms with Gasteiger partial charge in [-0.2, -0.15) is 0 Å². The lowest BCUT2D eigenvalue weighted by molar-refractivity contribution is -0.153. The number of ether oxygens (including phenoxy) is 1. The summed E-state index contributed by atoms with van der Waals surface area (Å²) in [6.45, 7) is 6.48. The van der Waals surface area contributed by atoms with Crippen LogP contribution in [0.1, 0.15) is 26.5 Å². The number of aliphatic hydroxyl groups is 1. The van der Waals surface area contributed by atoms with Crippen LogP contribution in [0.5, 0.6) is 0 Å². The number of carbonyl (C=O) groups excluding carboxylic acids is 1. The molecular weight excluding hydrogens is 236 g/mol. The molecular formula is C11H20N4O3. The monoisotopic (exact) mass is 256 g/mol. The Kier molecular flexibility index (Phi) is 5.24. The zero-order chi connectivity index (χ0) is 13.6. The first-order chi connectivity index (χ1) is 8.40. The van der Waals surface area contributed by atoms with E-state index in [2.05, 4.69) is 15.6 Å². The largest absolute Gasteiger partial charge is 0.459 e. The van der Waals surface area contributed by atoms with Gasteiger partial charge < -0.3 is 15.2 Å². The van der Waals surface area contributed by atoms with Crippen LogP contribution >= 0.6 is 0 Å². The van der Waals surface area contributed by atoms with E-state index in [-0.39, 0.29) is 19.1 Å². The van der Waals surface area contributed by atoms with Crippen LogP contribution in [-0.2, 0) is 22.6 Å². The third-order valence-electron chi connectivity index (χ3n) is 1.91. The van der Waals surface area contributed by atoms with Gasteiger partial charge in [-0.15, -0.1) is 5.10 Å². The molecule has 0 saturated carbocycles. The van der Waals surface area contributed by atoms with Crippen molar-refractivity contribution in [1.29, 1.82) is 0 Å². The molecule has 0 bridgehead atoms. The van der Waals surface area contributed by atoms with Crippen LogP contribution in [-0.4, -0.2) is 44.8 Å². The first-order valence-electron chi connectivity index (χ1n) is 5.83. The minimum Gasteiger partial charge on any atom is -0.459 e. The van der Waals surface area contributed by atoms with Gasteiger partial charge in [0.1, 0.15) is 5.60 Å². The van der Waals surface area contributed by atoms with Gasteiger partial charge in [0.05, 0.1) is 25.4 Å². The molecule has 0 atom stereocenters. The van der Waals surface area contributed by atoms with Gasteiger partial charge in [-0.1, -0.05) is 5.21 Å². The van der Waals surface area contributed by atoms with Crippen LogP contribution < -0.4 is 5.32 Å². The summed E-state index contributed by atoms with van der Waals surface area (Å²) >= 11 is 0. The van der Waals surface area contributed by atoms with Gasteiger partial charge in [-0.05, 0) is 20.8 Å².